The number of benzene rings is 6. The van der Waals surface area contributed by atoms with Crippen molar-refractivity contribution in [1.29, 1.82) is 0 Å². The van der Waals surface area contributed by atoms with Crippen LogP contribution in [0.25, 0.3) is 0 Å². The van der Waals surface area contributed by atoms with Gasteiger partial charge in [-0.1, -0.05) is 182 Å². The van der Waals surface area contributed by atoms with Gasteiger partial charge in [0, 0.05) is 0 Å². The molecule has 0 saturated heterocycles. The van der Waals surface area contributed by atoms with Crippen molar-refractivity contribution in [2.24, 2.45) is 0 Å². The van der Waals surface area contributed by atoms with E-state index in [4.69, 9.17) is 11.1 Å². The minimum atomic E-state index is -2.48. The molecule has 0 radical (unpaired) electrons. The Morgan fingerprint density at radius 2 is 0.455 bits per heavy atom. The van der Waals surface area contributed by atoms with Crippen LogP contribution in [0.5, 0.6) is 0 Å². The van der Waals surface area contributed by atoms with Crippen molar-refractivity contribution < 1.29 is 0 Å². The molecule has 0 heterocycles. The molecule has 0 amide bonds. The molecule has 0 fully saturated rings. The van der Waals surface area contributed by atoms with E-state index in [2.05, 4.69) is 182 Å². The molecular formula is C39H36ClP3Si. The molecule has 44 heavy (non-hydrogen) atoms. The third-order valence-corrected chi connectivity index (χ3v) is 27.1. The van der Waals surface area contributed by atoms with Gasteiger partial charge in [-0.25, -0.2) is 0 Å². The molecule has 0 bridgehead atoms. The van der Waals surface area contributed by atoms with Gasteiger partial charge in [0.1, 0.15) is 0 Å². The highest BCUT2D eigenvalue weighted by Gasteiger charge is 2.41. The van der Waals surface area contributed by atoms with Crippen LogP contribution < -0.4 is 31.8 Å². The van der Waals surface area contributed by atoms with Crippen molar-refractivity contribution in [3.8, 4) is 0 Å². The van der Waals surface area contributed by atoms with Crippen LogP contribution in [-0.4, -0.2) is 24.7 Å². The van der Waals surface area contributed by atoms with Gasteiger partial charge in [0.05, 0.1) is 0 Å². The fraction of sp³-hybridized carbons (Fsp3) is 0.0769. The zero-order valence-electron chi connectivity index (χ0n) is 24.7. The summed E-state index contributed by atoms with van der Waals surface area (Å²) in [5.74, 6) is 3.15. The van der Waals surface area contributed by atoms with E-state index in [0.29, 0.717) is 0 Å². The standard InChI is InChI=1S/C39H36ClP3Si/c40-44(31-41(34-19-7-1-8-20-34)35-21-9-2-10-22-35,32-42(36-23-11-3-12-24-36)37-25-13-4-14-26-37)33-43(38-27-15-5-16-28-38)39-29-17-6-18-30-39/h1-30H,31-33H2. The molecule has 6 aromatic carbocycles. The second-order valence-electron chi connectivity index (χ2n) is 10.9. The number of hydrogen-bond donors (Lipinski definition) is 0. The van der Waals surface area contributed by atoms with Crippen LogP contribution in [0.1, 0.15) is 0 Å². The van der Waals surface area contributed by atoms with Gasteiger partial charge in [-0.2, -0.15) is 11.1 Å². The van der Waals surface area contributed by atoms with E-state index in [-0.39, 0.29) is 0 Å². The summed E-state index contributed by atoms with van der Waals surface area (Å²) in [4.78, 5) is 0. The van der Waals surface area contributed by atoms with Gasteiger partial charge >= 0.3 is 0 Å². The van der Waals surface area contributed by atoms with Crippen LogP contribution in [0.4, 0.5) is 0 Å². The third-order valence-electron chi connectivity index (χ3n) is 7.73. The summed E-state index contributed by atoms with van der Waals surface area (Å²) in [7, 11) is -4.35. The lowest BCUT2D eigenvalue weighted by molar-refractivity contribution is 1.66. The molecule has 0 atom stereocenters. The quantitative estimate of drug-likeness (QED) is 0.0706. The third kappa shape index (κ3) is 8.03. The first-order valence-electron chi connectivity index (χ1n) is 15.0. The Kier molecular flexibility index (Phi) is 10.9. The molecule has 0 aliphatic heterocycles. The lowest BCUT2D eigenvalue weighted by Crippen LogP contribution is -2.46. The minimum absolute atomic E-state index is 0.625. The Bertz CT molecular complexity index is 1370. The van der Waals surface area contributed by atoms with E-state index in [1.807, 2.05) is 0 Å². The highest BCUT2D eigenvalue weighted by atomic mass is 35.6. The Balaban J connectivity index is 1.48. The largest absolute Gasteiger partial charge is 0.170 e. The van der Waals surface area contributed by atoms with Crippen LogP contribution in [0.15, 0.2) is 182 Å². The van der Waals surface area contributed by atoms with Crippen molar-refractivity contribution in [3.63, 3.8) is 0 Å². The second-order valence-corrected chi connectivity index (χ2v) is 25.1. The van der Waals surface area contributed by atoms with Crippen LogP contribution in [0.2, 0.25) is 0 Å². The summed E-state index contributed by atoms with van der Waals surface area (Å²) in [5.41, 5.74) is 0. The summed E-state index contributed by atoms with van der Waals surface area (Å²) in [6.07, 6.45) is 0. The number of rotatable bonds is 12. The molecule has 0 unspecified atom stereocenters. The highest BCUT2D eigenvalue weighted by Crippen LogP contribution is 2.48. The molecular weight excluding hydrogens is 625 g/mol. The second kappa shape index (κ2) is 15.4. The van der Waals surface area contributed by atoms with Crippen molar-refractivity contribution in [1.82, 2.24) is 0 Å². The highest BCUT2D eigenvalue weighted by molar-refractivity contribution is 7.83. The first-order valence-corrected chi connectivity index (χ1v) is 23.2. The van der Waals surface area contributed by atoms with Gasteiger partial charge in [-0.05, 0) is 72.9 Å². The first-order chi connectivity index (χ1) is 21.7. The normalized spacial score (nSPS) is 11.7. The topological polar surface area (TPSA) is 0 Å². The van der Waals surface area contributed by atoms with Crippen molar-refractivity contribution in [3.05, 3.63) is 182 Å². The monoisotopic (exact) mass is 660 g/mol. The molecule has 6 rings (SSSR count). The average Bonchev–Trinajstić information content (AvgIpc) is 3.11. The van der Waals surface area contributed by atoms with E-state index in [1.165, 1.54) is 31.8 Å². The predicted octanol–water partition coefficient (Wildman–Crippen LogP) is 8.19. The first kappa shape index (κ1) is 31.1. The molecule has 0 nitrogen and oxygen atoms in total. The van der Waals surface area contributed by atoms with E-state index >= 15 is 0 Å². The number of halogens is 1. The molecule has 0 aliphatic carbocycles. The van der Waals surface area contributed by atoms with Gasteiger partial charge < -0.3 is 0 Å². The maximum absolute atomic E-state index is 8.41. The fourth-order valence-electron chi connectivity index (χ4n) is 5.64. The Labute approximate surface area is 272 Å². The summed E-state index contributed by atoms with van der Waals surface area (Å²) >= 11 is 8.41. The lowest BCUT2D eigenvalue weighted by Gasteiger charge is -2.36. The Morgan fingerprint density at radius 1 is 0.295 bits per heavy atom. The average molecular weight is 661 g/mol. The van der Waals surface area contributed by atoms with E-state index in [9.17, 15) is 0 Å². The van der Waals surface area contributed by atoms with Crippen LogP contribution in [0.3, 0.4) is 0 Å². The molecule has 5 heteroatoms. The molecule has 6 aromatic rings. The van der Waals surface area contributed by atoms with E-state index in [0.717, 1.165) is 17.4 Å². The maximum atomic E-state index is 8.41. The molecule has 218 valence electrons. The van der Waals surface area contributed by atoms with Gasteiger partial charge in [-0.3, -0.25) is 0 Å². The summed E-state index contributed by atoms with van der Waals surface area (Å²) in [6.45, 7) is 0. The van der Waals surface area contributed by atoms with Gasteiger partial charge in [0.15, 0.2) is 7.38 Å². The van der Waals surface area contributed by atoms with E-state index < -0.39 is 31.1 Å². The molecule has 0 N–H and O–H groups in total. The smallest absolute Gasteiger partial charge is 0.166 e. The molecule has 0 aromatic heterocycles. The van der Waals surface area contributed by atoms with Crippen molar-refractivity contribution >= 4 is 74.1 Å². The van der Waals surface area contributed by atoms with Crippen molar-refractivity contribution in [2.45, 2.75) is 0 Å². The zero-order chi connectivity index (χ0) is 30.0. The van der Waals surface area contributed by atoms with Gasteiger partial charge in [-0.15, -0.1) is 0 Å². The van der Waals surface area contributed by atoms with Gasteiger partial charge in [0.2, 0.25) is 0 Å². The fourth-order valence-corrected chi connectivity index (χ4v) is 28.0. The maximum Gasteiger partial charge on any atom is 0.170 e. The summed E-state index contributed by atoms with van der Waals surface area (Å²) in [5, 5.41) is 8.49. The number of hydrogen-bond acceptors (Lipinski definition) is 0. The Hall–Kier alpha value is -2.88. The SMILES string of the molecule is Cl[Si](CP(c1ccccc1)c1ccccc1)(CP(c1ccccc1)c1ccccc1)CP(c1ccccc1)c1ccccc1. The van der Waals surface area contributed by atoms with E-state index in [1.54, 1.807) is 0 Å². The van der Waals surface area contributed by atoms with Crippen LogP contribution in [-0.2, 0) is 0 Å². The molecule has 0 spiro atoms. The zero-order valence-corrected chi connectivity index (χ0v) is 29.1. The minimum Gasteiger partial charge on any atom is -0.166 e. The molecule has 0 saturated carbocycles. The van der Waals surface area contributed by atoms with Crippen LogP contribution >= 0.6 is 34.8 Å². The summed E-state index contributed by atoms with van der Waals surface area (Å²) < 4.78 is 0. The molecule has 0 aliphatic rings. The van der Waals surface area contributed by atoms with Gasteiger partial charge in [0.25, 0.3) is 0 Å². The Morgan fingerprint density at radius 3 is 0.614 bits per heavy atom. The van der Waals surface area contributed by atoms with Crippen LogP contribution in [0, 0.1) is 0 Å². The summed E-state index contributed by atoms with van der Waals surface area (Å²) in [6, 6.07) is 66.8. The predicted molar refractivity (Wildman–Crippen MR) is 203 cm³/mol. The van der Waals surface area contributed by atoms with Crippen molar-refractivity contribution in [2.75, 3.05) is 17.4 Å². The lowest BCUT2D eigenvalue weighted by atomic mass is 10.4.